The van der Waals surface area contributed by atoms with E-state index in [2.05, 4.69) is 20.8 Å². The van der Waals surface area contributed by atoms with Crippen molar-refractivity contribution in [2.75, 3.05) is 0 Å². The predicted molar refractivity (Wildman–Crippen MR) is 152 cm³/mol. The lowest BCUT2D eigenvalue weighted by molar-refractivity contribution is -0.202. The second-order valence-electron chi connectivity index (χ2n) is 14.3. The Bertz CT molecular complexity index is 603. The summed E-state index contributed by atoms with van der Waals surface area (Å²) in [6.07, 6.45) is 28.1. The lowest BCUT2D eigenvalue weighted by Crippen LogP contribution is -2.63. The fraction of sp³-hybridized carbons (Fsp3) is 1.00. The Morgan fingerprint density at radius 3 is 0.703 bits per heavy atom. The van der Waals surface area contributed by atoms with Gasteiger partial charge in [-0.15, -0.1) is 0 Å². The molecule has 3 nitrogen and oxygen atoms in total. The average molecular weight is 529 g/mol. The first-order valence-corrected chi connectivity index (χ1v) is 18.5. The van der Waals surface area contributed by atoms with Gasteiger partial charge in [0.1, 0.15) is 0 Å². The van der Waals surface area contributed by atoms with Gasteiger partial charge >= 0.3 is 15.1 Å². The summed E-state index contributed by atoms with van der Waals surface area (Å²) >= 11 is -2.38. The Morgan fingerprint density at radius 1 is 0.405 bits per heavy atom. The molecule has 0 amide bonds. The molecule has 6 saturated carbocycles. The first kappa shape index (κ1) is 27.6. The van der Waals surface area contributed by atoms with Gasteiger partial charge in [-0.1, -0.05) is 59.3 Å². The van der Waals surface area contributed by atoms with Gasteiger partial charge < -0.3 is 11.4 Å². The van der Waals surface area contributed by atoms with E-state index in [1.54, 1.807) is 0 Å². The summed E-state index contributed by atoms with van der Waals surface area (Å²) in [5.74, 6) is 4.40. The number of hydrogen-bond donors (Lipinski definition) is 0. The largest absolute Gasteiger partial charge is 0.906 e. The van der Waals surface area contributed by atoms with Gasteiger partial charge in [-0.25, -0.2) is 0 Å². The van der Waals surface area contributed by atoms with Crippen LogP contribution >= 0.6 is 0 Å². The molecule has 6 aliphatic carbocycles. The molecule has 0 unspecified atom stereocenters. The van der Waals surface area contributed by atoms with E-state index >= 15 is 0 Å². The van der Waals surface area contributed by atoms with E-state index in [-0.39, 0.29) is 16.8 Å². The quantitative estimate of drug-likeness (QED) is 0.198. The molecule has 0 aromatic rings. The maximum atomic E-state index is 7.68. The molecule has 0 aromatic carbocycles. The van der Waals surface area contributed by atoms with E-state index in [9.17, 15) is 0 Å². The minimum absolute atomic E-state index is 0.0187. The molecule has 4 heteroatoms. The van der Waals surface area contributed by atoms with E-state index in [1.165, 1.54) is 116 Å². The Hall–Kier alpha value is 0.412. The Morgan fingerprint density at radius 2 is 0.595 bits per heavy atom. The van der Waals surface area contributed by atoms with E-state index in [4.69, 9.17) is 11.4 Å². The highest BCUT2D eigenvalue weighted by atomic mass is 27.3. The molecular formula is C33H57AlO3. The van der Waals surface area contributed by atoms with Crippen molar-refractivity contribution >= 4 is 15.1 Å². The molecule has 0 saturated heterocycles. The van der Waals surface area contributed by atoms with Crippen molar-refractivity contribution in [3.05, 3.63) is 0 Å². The molecule has 0 heterocycles. The first-order chi connectivity index (χ1) is 18.1. The Balaban J connectivity index is 1.34. The lowest BCUT2D eigenvalue weighted by atomic mass is 9.60. The fourth-order valence-corrected chi connectivity index (χ4v) is 12.4. The third kappa shape index (κ3) is 4.64. The van der Waals surface area contributed by atoms with Gasteiger partial charge in [-0.05, 0) is 132 Å². The number of hydrogen-bond acceptors (Lipinski definition) is 3. The maximum Gasteiger partial charge on any atom is 0.906 e. The minimum atomic E-state index is -2.38. The van der Waals surface area contributed by atoms with Crippen LogP contribution in [0.3, 0.4) is 0 Å². The molecule has 0 aliphatic heterocycles. The van der Waals surface area contributed by atoms with E-state index in [0.717, 1.165) is 54.8 Å². The SMILES string of the molecule is CCC([O][Al]([O]C(CC)(C1CCC1)C1CCC1)[O]C(CC)(C1CCC1)C1CCC1)(C1CCC1)C1CCC1. The van der Waals surface area contributed by atoms with Crippen LogP contribution < -0.4 is 0 Å². The van der Waals surface area contributed by atoms with Gasteiger partial charge in [0.15, 0.2) is 0 Å². The van der Waals surface area contributed by atoms with E-state index in [1.807, 2.05) is 0 Å². The molecule has 0 atom stereocenters. The predicted octanol–water partition coefficient (Wildman–Crippen LogP) is 9.27. The summed E-state index contributed by atoms with van der Waals surface area (Å²) in [5.41, 5.74) is 0.0560. The standard InChI is InChI=1S/3C11H19O.Al/c3*1-2-11(12,9-5-3-6-9)10-7-4-8-10;/h3*9-10H,2-8H2,1H3;/q3*-1;+3. The zero-order valence-corrected chi connectivity index (χ0v) is 25.8. The summed E-state index contributed by atoms with van der Waals surface area (Å²) in [6, 6.07) is 0. The molecule has 6 aliphatic rings. The van der Waals surface area contributed by atoms with Crippen molar-refractivity contribution in [2.45, 2.75) is 172 Å². The zero-order chi connectivity index (χ0) is 25.5. The van der Waals surface area contributed by atoms with Crippen molar-refractivity contribution in [1.29, 1.82) is 0 Å². The van der Waals surface area contributed by atoms with E-state index in [0.29, 0.717) is 0 Å². The van der Waals surface area contributed by atoms with Gasteiger partial charge in [0.2, 0.25) is 0 Å². The summed E-state index contributed by atoms with van der Waals surface area (Å²) in [7, 11) is 0. The normalized spacial score (nSPS) is 27.0. The number of rotatable bonds is 15. The third-order valence-corrected chi connectivity index (χ3v) is 15.3. The van der Waals surface area contributed by atoms with Crippen LogP contribution in [0.1, 0.15) is 156 Å². The van der Waals surface area contributed by atoms with Gasteiger partial charge in [0, 0.05) is 16.8 Å². The van der Waals surface area contributed by atoms with Crippen LogP contribution in [-0.4, -0.2) is 32.0 Å². The monoisotopic (exact) mass is 528 g/mol. The summed E-state index contributed by atoms with van der Waals surface area (Å²) < 4.78 is 23.0. The Labute approximate surface area is 233 Å². The fourth-order valence-electron chi connectivity index (χ4n) is 9.55. The van der Waals surface area contributed by atoms with Crippen molar-refractivity contribution in [3.8, 4) is 0 Å². The summed E-state index contributed by atoms with van der Waals surface area (Å²) in [5, 5.41) is 0. The minimum Gasteiger partial charge on any atom is -0.449 e. The summed E-state index contributed by atoms with van der Waals surface area (Å²) in [6.45, 7) is 7.29. The highest BCUT2D eigenvalue weighted by Crippen LogP contribution is 2.57. The molecule has 0 spiro atoms. The van der Waals surface area contributed by atoms with Crippen molar-refractivity contribution in [3.63, 3.8) is 0 Å². The molecule has 0 aromatic heterocycles. The van der Waals surface area contributed by atoms with Crippen LogP contribution in [0.4, 0.5) is 0 Å². The molecule has 0 radical (unpaired) electrons. The molecule has 0 bridgehead atoms. The smallest absolute Gasteiger partial charge is 0.449 e. The van der Waals surface area contributed by atoms with E-state index < -0.39 is 15.1 Å². The van der Waals surface area contributed by atoms with Crippen LogP contribution in [0.5, 0.6) is 0 Å². The van der Waals surface area contributed by atoms with Gasteiger partial charge in [0.05, 0.1) is 0 Å². The average Bonchev–Trinajstić information content (AvgIpc) is 2.65. The molecular weight excluding hydrogens is 471 g/mol. The molecule has 37 heavy (non-hydrogen) atoms. The molecule has 6 rings (SSSR count). The van der Waals surface area contributed by atoms with Crippen LogP contribution in [-0.2, 0) is 11.4 Å². The van der Waals surface area contributed by atoms with Gasteiger partial charge in [-0.3, -0.25) is 0 Å². The molecule has 0 N–H and O–H groups in total. The topological polar surface area (TPSA) is 27.7 Å². The van der Waals surface area contributed by atoms with Gasteiger partial charge in [-0.2, -0.15) is 0 Å². The highest BCUT2D eigenvalue weighted by molar-refractivity contribution is 6.37. The summed E-state index contributed by atoms with van der Waals surface area (Å²) in [4.78, 5) is 0. The lowest BCUT2D eigenvalue weighted by Gasteiger charge is -2.59. The zero-order valence-electron chi connectivity index (χ0n) is 24.6. The van der Waals surface area contributed by atoms with Crippen molar-refractivity contribution in [1.82, 2.24) is 0 Å². The van der Waals surface area contributed by atoms with Crippen LogP contribution in [0.15, 0.2) is 0 Å². The van der Waals surface area contributed by atoms with Crippen LogP contribution in [0.2, 0.25) is 0 Å². The van der Waals surface area contributed by atoms with Crippen LogP contribution in [0, 0.1) is 35.5 Å². The Kier molecular flexibility index (Phi) is 8.46. The third-order valence-electron chi connectivity index (χ3n) is 13.4. The van der Waals surface area contributed by atoms with Gasteiger partial charge in [0.25, 0.3) is 0 Å². The highest BCUT2D eigenvalue weighted by Gasteiger charge is 2.61. The molecule has 6 fully saturated rings. The van der Waals surface area contributed by atoms with Crippen LogP contribution in [0.25, 0.3) is 0 Å². The maximum absolute atomic E-state index is 7.68. The van der Waals surface area contributed by atoms with Crippen molar-refractivity contribution in [2.24, 2.45) is 35.5 Å². The molecule has 210 valence electrons. The first-order valence-electron chi connectivity index (χ1n) is 17.1. The second kappa shape index (κ2) is 11.4. The second-order valence-corrected chi connectivity index (χ2v) is 15.6. The van der Waals surface area contributed by atoms with Crippen molar-refractivity contribution < 1.29 is 11.4 Å².